The van der Waals surface area contributed by atoms with Crippen LogP contribution in [0.15, 0.2) is 71.8 Å². The number of amides is 1. The van der Waals surface area contributed by atoms with Gasteiger partial charge in [0.25, 0.3) is 5.91 Å². The lowest BCUT2D eigenvalue weighted by Gasteiger charge is -2.34. The van der Waals surface area contributed by atoms with Crippen molar-refractivity contribution in [2.24, 2.45) is 0 Å². The van der Waals surface area contributed by atoms with Gasteiger partial charge >= 0.3 is 0 Å². The van der Waals surface area contributed by atoms with Crippen molar-refractivity contribution < 1.29 is 14.1 Å². The molecule has 3 heterocycles. The van der Waals surface area contributed by atoms with Crippen molar-refractivity contribution in [1.82, 2.24) is 30.1 Å². The van der Waals surface area contributed by atoms with Gasteiger partial charge in [-0.05, 0) is 48.9 Å². The maximum absolute atomic E-state index is 12.6. The molecule has 33 heavy (non-hydrogen) atoms. The number of hydrogen-bond donors (Lipinski definition) is 1. The van der Waals surface area contributed by atoms with Crippen molar-refractivity contribution in [1.29, 1.82) is 0 Å². The third-order valence-corrected chi connectivity index (χ3v) is 5.81. The predicted octanol–water partition coefficient (Wildman–Crippen LogP) is 2.62. The SMILES string of the molecule is CN1Cc2ccccc2CC1CNC(=O)c1cc(COc2ccc(-n3cncn3)cc2)on1. The Morgan fingerprint density at radius 1 is 1.18 bits per heavy atom. The molecule has 0 saturated heterocycles. The second-order valence-corrected chi connectivity index (χ2v) is 8.05. The van der Waals surface area contributed by atoms with Gasteiger partial charge in [-0.1, -0.05) is 29.4 Å². The molecule has 0 radical (unpaired) electrons. The first-order chi connectivity index (χ1) is 16.2. The van der Waals surface area contributed by atoms with Gasteiger partial charge in [0.05, 0.1) is 5.69 Å². The molecule has 1 aliphatic heterocycles. The average Bonchev–Trinajstić information content (AvgIpc) is 3.54. The van der Waals surface area contributed by atoms with Gasteiger partial charge < -0.3 is 14.6 Å². The summed E-state index contributed by atoms with van der Waals surface area (Å²) in [6.07, 6.45) is 4.01. The number of ether oxygens (including phenoxy) is 1. The lowest BCUT2D eigenvalue weighted by Crippen LogP contribution is -2.45. The number of carbonyl (C=O) groups excluding carboxylic acids is 1. The summed E-state index contributed by atoms with van der Waals surface area (Å²) in [7, 11) is 2.08. The smallest absolute Gasteiger partial charge is 0.273 e. The van der Waals surface area contributed by atoms with Gasteiger partial charge in [0.15, 0.2) is 11.5 Å². The third kappa shape index (κ3) is 4.78. The van der Waals surface area contributed by atoms with E-state index in [-0.39, 0.29) is 24.2 Å². The summed E-state index contributed by atoms with van der Waals surface area (Å²) in [5.74, 6) is 0.889. The summed E-state index contributed by atoms with van der Waals surface area (Å²) >= 11 is 0. The fourth-order valence-corrected chi connectivity index (χ4v) is 3.93. The lowest BCUT2D eigenvalue weighted by atomic mass is 9.94. The number of rotatable bonds is 7. The summed E-state index contributed by atoms with van der Waals surface area (Å²) in [4.78, 5) is 18.8. The lowest BCUT2D eigenvalue weighted by molar-refractivity contribution is 0.0925. The Balaban J connectivity index is 1.12. The van der Waals surface area contributed by atoms with E-state index in [1.54, 1.807) is 17.1 Å². The van der Waals surface area contributed by atoms with E-state index in [1.807, 2.05) is 24.3 Å². The van der Waals surface area contributed by atoms with E-state index in [1.165, 1.54) is 17.5 Å². The molecule has 0 bridgehead atoms. The van der Waals surface area contributed by atoms with Crippen LogP contribution in [0.1, 0.15) is 27.4 Å². The Morgan fingerprint density at radius 2 is 2.00 bits per heavy atom. The summed E-state index contributed by atoms with van der Waals surface area (Å²) in [6, 6.07) is 17.7. The highest BCUT2D eigenvalue weighted by Gasteiger charge is 2.24. The molecule has 2 aromatic heterocycles. The Morgan fingerprint density at radius 3 is 2.79 bits per heavy atom. The van der Waals surface area contributed by atoms with Crippen LogP contribution >= 0.6 is 0 Å². The summed E-state index contributed by atoms with van der Waals surface area (Å²) in [5.41, 5.74) is 3.81. The predicted molar refractivity (Wildman–Crippen MR) is 120 cm³/mol. The second kappa shape index (κ2) is 9.25. The molecule has 4 aromatic rings. The first-order valence-electron chi connectivity index (χ1n) is 10.7. The Hall–Kier alpha value is -3.98. The van der Waals surface area contributed by atoms with E-state index < -0.39 is 0 Å². The van der Waals surface area contributed by atoms with Crippen molar-refractivity contribution in [3.63, 3.8) is 0 Å². The van der Waals surface area contributed by atoms with Crippen LogP contribution in [-0.2, 0) is 19.6 Å². The van der Waals surface area contributed by atoms with Gasteiger partial charge in [0.1, 0.15) is 25.0 Å². The first kappa shape index (κ1) is 20.9. The third-order valence-electron chi connectivity index (χ3n) is 5.81. The van der Waals surface area contributed by atoms with E-state index in [9.17, 15) is 4.79 Å². The van der Waals surface area contributed by atoms with Crippen LogP contribution in [0.25, 0.3) is 5.69 Å². The quantitative estimate of drug-likeness (QED) is 0.468. The Bertz CT molecular complexity index is 1220. The average molecular weight is 444 g/mol. The monoisotopic (exact) mass is 444 g/mol. The van der Waals surface area contributed by atoms with Crippen LogP contribution in [0.2, 0.25) is 0 Å². The summed E-state index contributed by atoms with van der Waals surface area (Å²) in [5, 5.41) is 11.0. The molecule has 5 rings (SSSR count). The molecule has 0 spiro atoms. The molecule has 168 valence electrons. The van der Waals surface area contributed by atoms with Crippen molar-refractivity contribution in [3.05, 3.63) is 89.8 Å². The molecule has 1 unspecified atom stereocenters. The van der Waals surface area contributed by atoms with Crippen LogP contribution in [-0.4, -0.2) is 50.4 Å². The van der Waals surface area contributed by atoms with E-state index in [4.69, 9.17) is 9.26 Å². The Labute approximate surface area is 191 Å². The largest absolute Gasteiger partial charge is 0.486 e. The zero-order valence-electron chi connectivity index (χ0n) is 18.2. The number of carbonyl (C=O) groups is 1. The zero-order valence-corrected chi connectivity index (χ0v) is 18.2. The standard InChI is InChI=1S/C24H24N6O3/c1-29-13-18-5-3-2-4-17(18)10-20(29)12-26-24(31)23-11-22(33-28-23)14-32-21-8-6-19(7-9-21)30-16-25-15-27-30/h2-9,11,15-16,20H,10,12-14H2,1H3,(H,26,31). The molecule has 1 aliphatic rings. The van der Waals surface area contributed by atoms with Crippen LogP contribution in [0.3, 0.4) is 0 Å². The van der Waals surface area contributed by atoms with Gasteiger partial charge in [-0.15, -0.1) is 0 Å². The maximum atomic E-state index is 12.6. The molecule has 1 atom stereocenters. The van der Waals surface area contributed by atoms with Crippen molar-refractivity contribution in [2.75, 3.05) is 13.6 Å². The summed E-state index contributed by atoms with van der Waals surface area (Å²) in [6.45, 7) is 1.59. The highest BCUT2D eigenvalue weighted by atomic mass is 16.5. The number of nitrogens with one attached hydrogen (secondary N) is 1. The highest BCUT2D eigenvalue weighted by Crippen LogP contribution is 2.21. The molecule has 0 fully saturated rings. The molecule has 9 nitrogen and oxygen atoms in total. The van der Waals surface area contributed by atoms with Gasteiger partial charge in [0, 0.05) is 25.2 Å². The summed E-state index contributed by atoms with van der Waals surface area (Å²) < 4.78 is 12.7. The number of aromatic nitrogens is 4. The fourth-order valence-electron chi connectivity index (χ4n) is 3.93. The minimum atomic E-state index is -0.255. The van der Waals surface area contributed by atoms with E-state index in [0.717, 1.165) is 18.7 Å². The number of hydrogen-bond acceptors (Lipinski definition) is 7. The van der Waals surface area contributed by atoms with Gasteiger partial charge in [0.2, 0.25) is 0 Å². The highest BCUT2D eigenvalue weighted by molar-refractivity contribution is 5.92. The molecular weight excluding hydrogens is 420 g/mol. The van der Waals surface area contributed by atoms with Crippen molar-refractivity contribution in [2.45, 2.75) is 25.6 Å². The second-order valence-electron chi connectivity index (χ2n) is 8.05. The number of benzene rings is 2. The molecule has 9 heteroatoms. The molecule has 1 N–H and O–H groups in total. The zero-order chi connectivity index (χ0) is 22.6. The minimum Gasteiger partial charge on any atom is -0.486 e. The molecule has 0 aliphatic carbocycles. The van der Waals surface area contributed by atoms with E-state index in [0.29, 0.717) is 18.1 Å². The van der Waals surface area contributed by atoms with Crippen LogP contribution in [0.5, 0.6) is 5.75 Å². The van der Waals surface area contributed by atoms with Crippen molar-refractivity contribution in [3.8, 4) is 11.4 Å². The van der Waals surface area contributed by atoms with Gasteiger partial charge in [-0.25, -0.2) is 9.67 Å². The Kier molecular flexibility index (Phi) is 5.86. The number of nitrogens with zero attached hydrogens (tertiary/aromatic N) is 5. The number of fused-ring (bicyclic) bond motifs is 1. The van der Waals surface area contributed by atoms with E-state index in [2.05, 4.69) is 56.8 Å². The minimum absolute atomic E-state index is 0.172. The van der Waals surface area contributed by atoms with Gasteiger partial charge in [-0.3, -0.25) is 9.69 Å². The molecule has 2 aromatic carbocycles. The molecular formula is C24H24N6O3. The van der Waals surface area contributed by atoms with Gasteiger partial charge in [-0.2, -0.15) is 5.10 Å². The van der Waals surface area contributed by atoms with E-state index >= 15 is 0 Å². The molecule has 0 saturated carbocycles. The first-order valence-corrected chi connectivity index (χ1v) is 10.7. The van der Waals surface area contributed by atoms with Crippen molar-refractivity contribution >= 4 is 5.91 Å². The van der Waals surface area contributed by atoms with Crippen LogP contribution < -0.4 is 10.1 Å². The maximum Gasteiger partial charge on any atom is 0.273 e. The topological polar surface area (TPSA) is 98.3 Å². The van der Waals surface area contributed by atoms with Crippen LogP contribution in [0.4, 0.5) is 0 Å². The fraction of sp³-hybridized carbons (Fsp3) is 0.250. The van der Waals surface area contributed by atoms with Crippen LogP contribution in [0, 0.1) is 0 Å². The normalized spacial score (nSPS) is 15.7. The molecule has 1 amide bonds. The number of likely N-dealkylation sites (N-methyl/N-ethyl adjacent to an activating group) is 1.